The van der Waals surface area contributed by atoms with Crippen LogP contribution in [-0.4, -0.2) is 13.1 Å². The minimum atomic E-state index is 0.499. The van der Waals surface area contributed by atoms with E-state index >= 15 is 0 Å². The van der Waals surface area contributed by atoms with Crippen LogP contribution in [0, 0.1) is 0 Å². The first-order valence-electron chi connectivity index (χ1n) is 5.51. The number of hydrogen-bond acceptors (Lipinski definition) is 3. The van der Waals surface area contributed by atoms with Gasteiger partial charge in [-0.25, -0.2) is 5.90 Å². The number of piperidine rings is 1. The molecule has 1 aromatic rings. The Balaban J connectivity index is 2.09. The highest BCUT2D eigenvalue weighted by Crippen LogP contribution is 2.25. The lowest BCUT2D eigenvalue weighted by Crippen LogP contribution is -2.26. The molecule has 0 radical (unpaired) electrons. The van der Waals surface area contributed by atoms with Gasteiger partial charge in [-0.1, -0.05) is 24.3 Å². The summed E-state index contributed by atoms with van der Waals surface area (Å²) in [6.45, 7) is 2.75. The molecule has 3 N–H and O–H groups in total. The van der Waals surface area contributed by atoms with Crippen molar-refractivity contribution in [1.29, 1.82) is 0 Å². The normalized spacial score (nSPS) is 17.9. The fraction of sp³-hybridized carbons (Fsp3) is 0.500. The fourth-order valence-corrected chi connectivity index (χ4v) is 2.19. The van der Waals surface area contributed by atoms with Crippen LogP contribution in [0.3, 0.4) is 0 Å². The molecule has 82 valence electrons. The lowest BCUT2D eigenvalue weighted by Gasteiger charge is -2.23. The minimum Gasteiger partial charge on any atom is -0.317 e. The SMILES string of the molecule is NOCc1cccc(C2CCNCC2)c1. The molecule has 1 fully saturated rings. The minimum absolute atomic E-state index is 0.499. The van der Waals surface area contributed by atoms with Crippen molar-refractivity contribution < 1.29 is 4.84 Å². The molecule has 0 amide bonds. The van der Waals surface area contributed by atoms with E-state index in [4.69, 9.17) is 5.90 Å². The third-order valence-electron chi connectivity index (χ3n) is 3.01. The summed E-state index contributed by atoms with van der Waals surface area (Å²) in [6, 6.07) is 8.56. The molecule has 3 nitrogen and oxygen atoms in total. The van der Waals surface area contributed by atoms with Crippen molar-refractivity contribution in [2.24, 2.45) is 5.90 Å². The van der Waals surface area contributed by atoms with E-state index in [1.165, 1.54) is 18.4 Å². The zero-order valence-electron chi connectivity index (χ0n) is 8.91. The number of benzene rings is 1. The summed E-state index contributed by atoms with van der Waals surface area (Å²) in [6.07, 6.45) is 2.46. The van der Waals surface area contributed by atoms with Gasteiger partial charge in [0.25, 0.3) is 0 Å². The van der Waals surface area contributed by atoms with Gasteiger partial charge in [0.2, 0.25) is 0 Å². The molecule has 3 heteroatoms. The Hall–Kier alpha value is -0.900. The van der Waals surface area contributed by atoms with E-state index in [1.807, 2.05) is 0 Å². The van der Waals surface area contributed by atoms with E-state index in [0.29, 0.717) is 12.5 Å². The highest BCUT2D eigenvalue weighted by atomic mass is 16.6. The number of rotatable bonds is 3. The topological polar surface area (TPSA) is 47.3 Å². The highest BCUT2D eigenvalue weighted by molar-refractivity contribution is 5.26. The predicted molar refractivity (Wildman–Crippen MR) is 60.3 cm³/mol. The van der Waals surface area contributed by atoms with Gasteiger partial charge in [-0.2, -0.15) is 0 Å². The molecule has 0 atom stereocenters. The molecule has 2 rings (SSSR count). The van der Waals surface area contributed by atoms with Crippen LogP contribution in [-0.2, 0) is 11.4 Å². The van der Waals surface area contributed by atoms with Gasteiger partial charge in [0.1, 0.15) is 0 Å². The van der Waals surface area contributed by atoms with Crippen LogP contribution in [0.1, 0.15) is 29.9 Å². The Labute approximate surface area is 90.6 Å². The van der Waals surface area contributed by atoms with Crippen LogP contribution in [0.5, 0.6) is 0 Å². The maximum absolute atomic E-state index is 5.08. The Bertz CT molecular complexity index is 308. The average Bonchev–Trinajstić information content (AvgIpc) is 2.31. The molecule has 0 aromatic heterocycles. The van der Waals surface area contributed by atoms with E-state index < -0.39 is 0 Å². The van der Waals surface area contributed by atoms with Crippen molar-refractivity contribution in [3.63, 3.8) is 0 Å². The van der Waals surface area contributed by atoms with E-state index in [1.54, 1.807) is 0 Å². The number of nitrogens with two attached hydrogens (primary N) is 1. The smallest absolute Gasteiger partial charge is 0.0930 e. The van der Waals surface area contributed by atoms with Gasteiger partial charge < -0.3 is 5.32 Å². The molecular formula is C12H18N2O. The van der Waals surface area contributed by atoms with Crippen LogP contribution in [0.2, 0.25) is 0 Å². The highest BCUT2D eigenvalue weighted by Gasteiger charge is 2.14. The van der Waals surface area contributed by atoms with Crippen LogP contribution in [0.4, 0.5) is 0 Å². The molecule has 0 saturated carbocycles. The molecule has 1 aromatic carbocycles. The van der Waals surface area contributed by atoms with E-state index in [2.05, 4.69) is 34.4 Å². The summed E-state index contributed by atoms with van der Waals surface area (Å²) in [5, 5.41) is 3.38. The van der Waals surface area contributed by atoms with Gasteiger partial charge in [-0.05, 0) is 43.0 Å². The van der Waals surface area contributed by atoms with Gasteiger partial charge in [-0.3, -0.25) is 4.84 Å². The second-order valence-electron chi connectivity index (χ2n) is 4.08. The first-order valence-corrected chi connectivity index (χ1v) is 5.51. The maximum Gasteiger partial charge on any atom is 0.0930 e. The van der Waals surface area contributed by atoms with E-state index in [9.17, 15) is 0 Å². The first-order chi connectivity index (χ1) is 7.40. The molecule has 1 aliphatic heterocycles. The Morgan fingerprint density at radius 2 is 2.13 bits per heavy atom. The molecule has 0 spiro atoms. The van der Waals surface area contributed by atoms with Crippen molar-refractivity contribution in [2.75, 3.05) is 13.1 Å². The number of hydrogen-bond donors (Lipinski definition) is 2. The second kappa shape index (κ2) is 5.26. The largest absolute Gasteiger partial charge is 0.317 e. The Kier molecular flexibility index (Phi) is 3.72. The summed E-state index contributed by atoms with van der Waals surface area (Å²) in [7, 11) is 0. The van der Waals surface area contributed by atoms with Gasteiger partial charge >= 0.3 is 0 Å². The quantitative estimate of drug-likeness (QED) is 0.737. The van der Waals surface area contributed by atoms with Gasteiger partial charge in [0.05, 0.1) is 6.61 Å². The fourth-order valence-electron chi connectivity index (χ4n) is 2.19. The zero-order valence-corrected chi connectivity index (χ0v) is 8.91. The standard InChI is InChI=1S/C12H18N2O/c13-15-9-10-2-1-3-12(8-10)11-4-6-14-7-5-11/h1-3,8,11,14H,4-7,9,13H2. The summed E-state index contributed by atoms with van der Waals surface area (Å²) in [4.78, 5) is 4.66. The van der Waals surface area contributed by atoms with Crippen LogP contribution in [0.15, 0.2) is 24.3 Å². The summed E-state index contributed by atoms with van der Waals surface area (Å²) in [5.41, 5.74) is 2.58. The second-order valence-corrected chi connectivity index (χ2v) is 4.08. The van der Waals surface area contributed by atoms with Gasteiger partial charge in [0.15, 0.2) is 0 Å². The third-order valence-corrected chi connectivity index (χ3v) is 3.01. The summed E-state index contributed by atoms with van der Waals surface area (Å²) in [5.74, 6) is 5.78. The van der Waals surface area contributed by atoms with Gasteiger partial charge in [0, 0.05) is 0 Å². The van der Waals surface area contributed by atoms with Crippen molar-refractivity contribution in [3.8, 4) is 0 Å². The molecule has 0 unspecified atom stereocenters. The summed E-state index contributed by atoms with van der Waals surface area (Å²) >= 11 is 0. The van der Waals surface area contributed by atoms with Crippen molar-refractivity contribution in [3.05, 3.63) is 35.4 Å². The molecule has 0 bridgehead atoms. The zero-order chi connectivity index (χ0) is 10.5. The molecule has 15 heavy (non-hydrogen) atoms. The predicted octanol–water partition coefficient (Wildman–Crippen LogP) is 1.54. The first kappa shape index (κ1) is 10.6. The van der Waals surface area contributed by atoms with Gasteiger partial charge in [-0.15, -0.1) is 0 Å². The van der Waals surface area contributed by atoms with Crippen LogP contribution < -0.4 is 11.2 Å². The Morgan fingerprint density at radius 1 is 1.33 bits per heavy atom. The van der Waals surface area contributed by atoms with Crippen molar-refractivity contribution in [2.45, 2.75) is 25.4 Å². The average molecular weight is 206 g/mol. The lowest BCUT2D eigenvalue weighted by molar-refractivity contribution is 0.124. The molecule has 1 aliphatic rings. The lowest BCUT2D eigenvalue weighted by atomic mass is 9.89. The molecule has 1 heterocycles. The monoisotopic (exact) mass is 206 g/mol. The molecular weight excluding hydrogens is 188 g/mol. The molecule has 1 saturated heterocycles. The Morgan fingerprint density at radius 3 is 2.87 bits per heavy atom. The maximum atomic E-state index is 5.08. The molecule has 0 aliphatic carbocycles. The van der Waals surface area contributed by atoms with E-state index in [0.717, 1.165) is 18.7 Å². The van der Waals surface area contributed by atoms with Crippen molar-refractivity contribution >= 4 is 0 Å². The van der Waals surface area contributed by atoms with Crippen LogP contribution >= 0.6 is 0 Å². The van der Waals surface area contributed by atoms with E-state index in [-0.39, 0.29) is 0 Å². The third kappa shape index (κ3) is 2.78. The summed E-state index contributed by atoms with van der Waals surface area (Å²) < 4.78 is 0. The van der Waals surface area contributed by atoms with Crippen LogP contribution in [0.25, 0.3) is 0 Å². The number of nitrogens with one attached hydrogen (secondary N) is 1. The van der Waals surface area contributed by atoms with Crippen molar-refractivity contribution in [1.82, 2.24) is 5.32 Å².